The molecule has 1 aromatic carbocycles. The van der Waals surface area contributed by atoms with Gasteiger partial charge in [-0.1, -0.05) is 12.1 Å². The van der Waals surface area contributed by atoms with Crippen LogP contribution in [0.25, 0.3) is 12.2 Å². The lowest BCUT2D eigenvalue weighted by Gasteiger charge is -2.02. The summed E-state index contributed by atoms with van der Waals surface area (Å²) in [5.74, 6) is 1.61. The van der Waals surface area contributed by atoms with Crippen molar-refractivity contribution in [3.05, 3.63) is 41.4 Å². The van der Waals surface area contributed by atoms with E-state index in [1.807, 2.05) is 50.3 Å². The van der Waals surface area contributed by atoms with Crippen LogP contribution in [-0.2, 0) is 4.74 Å². The number of aromatic nitrogens is 1. The third kappa shape index (κ3) is 5.98. The summed E-state index contributed by atoms with van der Waals surface area (Å²) in [6.07, 6.45) is 4.44. The maximum atomic E-state index is 9.16. The summed E-state index contributed by atoms with van der Waals surface area (Å²) >= 11 is 0. The molecule has 0 fully saturated rings. The lowest BCUT2D eigenvalue weighted by atomic mass is 10.2. The second kappa shape index (κ2) is 10.2. The average Bonchev–Trinajstić information content (AvgIpc) is 3.03. The molecule has 0 aliphatic heterocycles. The Morgan fingerprint density at radius 3 is 2.68 bits per heavy atom. The number of hydrogen-bond acceptors (Lipinski definition) is 6. The van der Waals surface area contributed by atoms with Crippen LogP contribution in [0.1, 0.15) is 37.4 Å². The van der Waals surface area contributed by atoms with Crippen LogP contribution in [0.3, 0.4) is 0 Å². The van der Waals surface area contributed by atoms with Crippen molar-refractivity contribution in [3.63, 3.8) is 0 Å². The van der Waals surface area contributed by atoms with Crippen LogP contribution in [0, 0.1) is 11.3 Å². The molecular formula is C19H23N3O3. The fourth-order valence-electron chi connectivity index (χ4n) is 2.13. The molecule has 1 aromatic heterocycles. The van der Waals surface area contributed by atoms with Crippen molar-refractivity contribution >= 4 is 18.0 Å². The van der Waals surface area contributed by atoms with Gasteiger partial charge in [0.15, 0.2) is 0 Å². The predicted molar refractivity (Wildman–Crippen MR) is 97.4 cm³/mol. The second-order valence-corrected chi connectivity index (χ2v) is 5.15. The van der Waals surface area contributed by atoms with Crippen LogP contribution in [0.5, 0.6) is 5.75 Å². The van der Waals surface area contributed by atoms with Crippen molar-refractivity contribution in [2.45, 2.75) is 20.3 Å². The lowest BCUT2D eigenvalue weighted by molar-refractivity contribution is 0.147. The minimum Gasteiger partial charge on any atom is -0.494 e. The fraction of sp³-hybridized carbons (Fsp3) is 0.368. The number of nitrogens with one attached hydrogen (secondary N) is 1. The molecule has 2 rings (SSSR count). The van der Waals surface area contributed by atoms with Crippen molar-refractivity contribution in [2.75, 3.05) is 31.7 Å². The minimum absolute atomic E-state index is 0.253. The molecule has 0 saturated carbocycles. The Morgan fingerprint density at radius 2 is 2.00 bits per heavy atom. The van der Waals surface area contributed by atoms with Gasteiger partial charge in [-0.25, -0.2) is 0 Å². The van der Waals surface area contributed by atoms with Gasteiger partial charge in [0, 0.05) is 25.8 Å². The van der Waals surface area contributed by atoms with E-state index in [-0.39, 0.29) is 5.69 Å². The molecule has 25 heavy (non-hydrogen) atoms. The summed E-state index contributed by atoms with van der Waals surface area (Å²) in [4.78, 5) is 4.17. The van der Waals surface area contributed by atoms with Gasteiger partial charge in [-0.15, -0.1) is 0 Å². The van der Waals surface area contributed by atoms with Gasteiger partial charge in [-0.2, -0.15) is 10.2 Å². The Hall–Kier alpha value is -2.78. The van der Waals surface area contributed by atoms with Gasteiger partial charge in [0.2, 0.25) is 17.5 Å². The zero-order valence-electron chi connectivity index (χ0n) is 14.6. The first-order valence-corrected chi connectivity index (χ1v) is 8.40. The van der Waals surface area contributed by atoms with E-state index in [4.69, 9.17) is 19.2 Å². The molecule has 0 spiro atoms. The number of ether oxygens (including phenoxy) is 2. The molecule has 0 bridgehead atoms. The van der Waals surface area contributed by atoms with E-state index in [2.05, 4.69) is 10.3 Å². The zero-order chi connectivity index (χ0) is 17.9. The summed E-state index contributed by atoms with van der Waals surface area (Å²) in [7, 11) is 0. The zero-order valence-corrected chi connectivity index (χ0v) is 14.6. The van der Waals surface area contributed by atoms with Gasteiger partial charge in [-0.05, 0) is 44.0 Å². The highest BCUT2D eigenvalue weighted by Gasteiger charge is 2.10. The van der Waals surface area contributed by atoms with E-state index in [9.17, 15) is 0 Å². The molecule has 0 amide bonds. The molecule has 132 valence electrons. The molecule has 0 unspecified atom stereocenters. The smallest absolute Gasteiger partial charge is 0.232 e. The Balaban J connectivity index is 1.96. The van der Waals surface area contributed by atoms with Crippen LogP contribution in [0.15, 0.2) is 28.7 Å². The van der Waals surface area contributed by atoms with Crippen LogP contribution < -0.4 is 10.1 Å². The van der Waals surface area contributed by atoms with Crippen molar-refractivity contribution in [1.82, 2.24) is 4.98 Å². The first kappa shape index (κ1) is 18.6. The number of rotatable bonds is 10. The number of anilines is 1. The maximum Gasteiger partial charge on any atom is 0.232 e. The maximum absolute atomic E-state index is 9.16. The molecule has 0 atom stereocenters. The SMILES string of the molecule is CCOCCCNc1oc(/C=C/c2ccc(OCC)cc2)nc1C#N. The van der Waals surface area contributed by atoms with E-state index in [0.29, 0.717) is 38.1 Å². The number of oxazole rings is 1. The minimum atomic E-state index is 0.253. The third-order valence-corrected chi connectivity index (χ3v) is 3.31. The highest BCUT2D eigenvalue weighted by molar-refractivity contribution is 5.67. The highest BCUT2D eigenvalue weighted by atomic mass is 16.5. The molecule has 2 aromatic rings. The van der Waals surface area contributed by atoms with Crippen molar-refractivity contribution in [2.24, 2.45) is 0 Å². The normalized spacial score (nSPS) is 10.8. The number of nitrogens with zero attached hydrogens (tertiary/aromatic N) is 2. The first-order valence-electron chi connectivity index (χ1n) is 8.40. The number of hydrogen-bond donors (Lipinski definition) is 1. The van der Waals surface area contributed by atoms with Gasteiger partial charge in [0.25, 0.3) is 0 Å². The highest BCUT2D eigenvalue weighted by Crippen LogP contribution is 2.19. The summed E-state index contributed by atoms with van der Waals surface area (Å²) in [5, 5.41) is 12.2. The summed E-state index contributed by atoms with van der Waals surface area (Å²) in [5.41, 5.74) is 1.24. The van der Waals surface area contributed by atoms with Gasteiger partial charge >= 0.3 is 0 Å². The molecule has 0 radical (unpaired) electrons. The van der Waals surface area contributed by atoms with Crippen molar-refractivity contribution in [3.8, 4) is 11.8 Å². The van der Waals surface area contributed by atoms with Gasteiger partial charge in [0.1, 0.15) is 11.8 Å². The van der Waals surface area contributed by atoms with Gasteiger partial charge in [0.05, 0.1) is 6.61 Å². The Labute approximate surface area is 148 Å². The molecule has 0 aliphatic rings. The largest absolute Gasteiger partial charge is 0.494 e. The summed E-state index contributed by atoms with van der Waals surface area (Å²) in [6.45, 7) is 6.58. The van der Waals surface area contributed by atoms with E-state index in [1.54, 1.807) is 6.08 Å². The van der Waals surface area contributed by atoms with Crippen LogP contribution in [0.2, 0.25) is 0 Å². The molecular weight excluding hydrogens is 318 g/mol. The molecule has 6 nitrogen and oxygen atoms in total. The van der Waals surface area contributed by atoms with Gasteiger partial charge in [-0.3, -0.25) is 0 Å². The van der Waals surface area contributed by atoms with Crippen LogP contribution in [0.4, 0.5) is 5.88 Å². The summed E-state index contributed by atoms with van der Waals surface area (Å²) < 4.78 is 16.3. The van der Waals surface area contributed by atoms with E-state index < -0.39 is 0 Å². The van der Waals surface area contributed by atoms with Crippen LogP contribution in [-0.4, -0.2) is 31.3 Å². The fourth-order valence-corrected chi connectivity index (χ4v) is 2.13. The lowest BCUT2D eigenvalue weighted by Crippen LogP contribution is -2.05. The molecule has 6 heteroatoms. The topological polar surface area (TPSA) is 80.3 Å². The first-order chi connectivity index (χ1) is 12.3. The average molecular weight is 341 g/mol. The number of nitriles is 1. The Bertz CT molecular complexity index is 715. The number of benzene rings is 1. The standard InChI is InChI=1S/C19H23N3O3/c1-3-23-13-5-12-21-19-17(14-20)22-18(25-19)11-8-15-6-9-16(10-7-15)24-4-2/h6-11,21H,3-5,12-13H2,1-2H3/b11-8+. The predicted octanol–water partition coefficient (Wildman–Crippen LogP) is 3.95. The van der Waals surface area contributed by atoms with E-state index in [1.165, 1.54) is 0 Å². The Morgan fingerprint density at radius 1 is 1.20 bits per heavy atom. The summed E-state index contributed by atoms with van der Waals surface area (Å²) in [6, 6.07) is 9.75. The van der Waals surface area contributed by atoms with E-state index in [0.717, 1.165) is 17.7 Å². The molecule has 1 heterocycles. The monoisotopic (exact) mass is 341 g/mol. The quantitative estimate of drug-likeness (QED) is 0.659. The third-order valence-electron chi connectivity index (χ3n) is 3.31. The molecule has 1 N–H and O–H groups in total. The van der Waals surface area contributed by atoms with Crippen LogP contribution >= 0.6 is 0 Å². The molecule has 0 saturated heterocycles. The second-order valence-electron chi connectivity index (χ2n) is 5.15. The van der Waals surface area contributed by atoms with Gasteiger partial charge < -0.3 is 19.2 Å². The Kier molecular flexibility index (Phi) is 7.54. The van der Waals surface area contributed by atoms with E-state index >= 15 is 0 Å². The van der Waals surface area contributed by atoms with Crippen molar-refractivity contribution < 1.29 is 13.9 Å². The van der Waals surface area contributed by atoms with Crippen molar-refractivity contribution in [1.29, 1.82) is 5.26 Å². The molecule has 0 aliphatic carbocycles.